The molecule has 4 rings (SSSR count). The smallest absolute Gasteiger partial charge is 0.292 e. The Bertz CT molecular complexity index is 1090. The summed E-state index contributed by atoms with van der Waals surface area (Å²) in [5.74, 6) is -0.219. The first-order chi connectivity index (χ1) is 16.0. The highest BCUT2D eigenvalue weighted by atomic mass is 32.2. The van der Waals surface area contributed by atoms with Gasteiger partial charge in [0.25, 0.3) is 11.6 Å². The monoisotopic (exact) mass is 465 g/mol. The van der Waals surface area contributed by atoms with E-state index in [0.717, 1.165) is 18.7 Å². The molecule has 2 aromatic carbocycles. The van der Waals surface area contributed by atoms with Gasteiger partial charge in [0.1, 0.15) is 5.69 Å². The molecule has 2 heterocycles. The topological polar surface area (TPSA) is 82.3 Å². The van der Waals surface area contributed by atoms with Gasteiger partial charge in [-0.25, -0.2) is 0 Å². The summed E-state index contributed by atoms with van der Waals surface area (Å²) in [7, 11) is 0. The molecular formula is C24H27N5O3S. The van der Waals surface area contributed by atoms with Crippen LogP contribution < -0.4 is 9.80 Å². The Balaban J connectivity index is 1.39. The number of piperazine rings is 1. The summed E-state index contributed by atoms with van der Waals surface area (Å²) in [6.07, 6.45) is 1.89. The number of thioether (sulfide) groups is 1. The van der Waals surface area contributed by atoms with Crippen LogP contribution in [0, 0.1) is 10.1 Å². The average Bonchev–Trinajstić information content (AvgIpc) is 3.21. The molecule has 0 aliphatic carbocycles. The van der Waals surface area contributed by atoms with Gasteiger partial charge in [-0.05, 0) is 55.4 Å². The third kappa shape index (κ3) is 5.03. The third-order valence-corrected chi connectivity index (χ3v) is 6.94. The number of nitro groups is 1. The lowest BCUT2D eigenvalue weighted by Crippen LogP contribution is -2.48. The van der Waals surface area contributed by atoms with E-state index < -0.39 is 0 Å². The van der Waals surface area contributed by atoms with Crippen LogP contribution in [0.3, 0.4) is 0 Å². The fourth-order valence-corrected chi connectivity index (χ4v) is 5.04. The molecule has 0 bridgehead atoms. The minimum absolute atomic E-state index is 0.117. The molecule has 0 N–H and O–H groups in total. The second-order valence-corrected chi connectivity index (χ2v) is 8.80. The van der Waals surface area contributed by atoms with Crippen molar-refractivity contribution in [3.63, 3.8) is 0 Å². The van der Waals surface area contributed by atoms with Crippen LogP contribution in [0.2, 0.25) is 0 Å². The van der Waals surface area contributed by atoms with Gasteiger partial charge in [-0.15, -0.1) is 0 Å². The van der Waals surface area contributed by atoms with Crippen molar-refractivity contribution in [2.45, 2.75) is 13.8 Å². The standard InChI is InChI=1S/C24H27N5O3S/c1-3-26(4-2)19-11-9-18(10-12-19)17-22-23(30)25-24(33-22)28-15-13-27(14-16-28)20-7-5-6-8-21(20)29(31)32/h5-12,17H,3-4,13-16H2,1-2H3. The van der Waals surface area contributed by atoms with Crippen molar-refractivity contribution in [3.05, 3.63) is 69.1 Å². The number of benzene rings is 2. The first kappa shape index (κ1) is 22.8. The molecule has 0 aromatic heterocycles. The number of nitrogens with zero attached hydrogens (tertiary/aromatic N) is 5. The second-order valence-electron chi connectivity index (χ2n) is 7.79. The maximum Gasteiger partial charge on any atom is 0.292 e. The van der Waals surface area contributed by atoms with Crippen LogP contribution in [0.5, 0.6) is 0 Å². The third-order valence-electron chi connectivity index (χ3n) is 5.90. The predicted octanol–water partition coefficient (Wildman–Crippen LogP) is 4.23. The van der Waals surface area contributed by atoms with Crippen LogP contribution in [-0.4, -0.2) is 60.2 Å². The molecule has 0 saturated carbocycles. The molecule has 2 aliphatic heterocycles. The number of nitro benzene ring substituents is 1. The quantitative estimate of drug-likeness (QED) is 0.359. The molecule has 8 nitrogen and oxygen atoms in total. The van der Waals surface area contributed by atoms with Crippen molar-refractivity contribution >= 4 is 46.0 Å². The molecule has 1 saturated heterocycles. The second kappa shape index (κ2) is 10.1. The zero-order valence-electron chi connectivity index (χ0n) is 18.8. The molecule has 33 heavy (non-hydrogen) atoms. The van der Waals surface area contributed by atoms with Crippen LogP contribution >= 0.6 is 11.8 Å². The first-order valence-corrected chi connectivity index (χ1v) is 11.9. The minimum Gasteiger partial charge on any atom is -0.372 e. The van der Waals surface area contributed by atoms with Crippen LogP contribution in [0.25, 0.3) is 6.08 Å². The van der Waals surface area contributed by atoms with E-state index in [2.05, 4.69) is 40.8 Å². The lowest BCUT2D eigenvalue weighted by atomic mass is 10.2. The predicted molar refractivity (Wildman–Crippen MR) is 135 cm³/mol. The largest absolute Gasteiger partial charge is 0.372 e. The molecule has 0 radical (unpaired) electrons. The van der Waals surface area contributed by atoms with Crippen LogP contribution in [0.4, 0.5) is 17.1 Å². The first-order valence-electron chi connectivity index (χ1n) is 11.1. The summed E-state index contributed by atoms with van der Waals surface area (Å²) in [6.45, 7) is 8.73. The average molecular weight is 466 g/mol. The number of aliphatic imine (C=N–C) groups is 1. The van der Waals surface area contributed by atoms with Crippen LogP contribution in [-0.2, 0) is 4.79 Å². The minimum atomic E-state index is -0.344. The number of para-hydroxylation sites is 2. The number of anilines is 2. The summed E-state index contributed by atoms with van der Waals surface area (Å²) in [6, 6.07) is 15.0. The highest BCUT2D eigenvalue weighted by molar-refractivity contribution is 8.18. The number of amidine groups is 1. The van der Waals surface area contributed by atoms with E-state index in [4.69, 9.17) is 0 Å². The van der Waals surface area contributed by atoms with E-state index in [1.807, 2.05) is 29.2 Å². The highest BCUT2D eigenvalue weighted by Crippen LogP contribution is 2.33. The van der Waals surface area contributed by atoms with Gasteiger partial charge in [0.2, 0.25) is 0 Å². The van der Waals surface area contributed by atoms with Crippen LogP contribution in [0.1, 0.15) is 19.4 Å². The van der Waals surface area contributed by atoms with Gasteiger partial charge in [0.15, 0.2) is 5.17 Å². The number of carbonyl (C=O) groups is 1. The Hall–Kier alpha value is -3.33. The molecule has 1 fully saturated rings. The number of hydrogen-bond acceptors (Lipinski definition) is 7. The van der Waals surface area contributed by atoms with E-state index in [9.17, 15) is 14.9 Å². The van der Waals surface area contributed by atoms with Gasteiger partial charge in [-0.1, -0.05) is 24.3 Å². The number of hydrogen-bond donors (Lipinski definition) is 0. The van der Waals surface area contributed by atoms with E-state index in [1.54, 1.807) is 12.1 Å². The molecule has 1 amide bonds. The van der Waals surface area contributed by atoms with E-state index in [-0.39, 0.29) is 16.5 Å². The highest BCUT2D eigenvalue weighted by Gasteiger charge is 2.30. The summed E-state index contributed by atoms with van der Waals surface area (Å²) >= 11 is 1.40. The maximum atomic E-state index is 12.5. The summed E-state index contributed by atoms with van der Waals surface area (Å²) in [5, 5.41) is 12.0. The lowest BCUT2D eigenvalue weighted by molar-refractivity contribution is -0.384. The molecule has 172 valence electrons. The summed E-state index contributed by atoms with van der Waals surface area (Å²) in [4.78, 5) is 34.8. The summed E-state index contributed by atoms with van der Waals surface area (Å²) in [5.41, 5.74) is 2.89. The molecule has 0 spiro atoms. The fraction of sp³-hybridized carbons (Fsp3) is 0.333. The molecule has 0 unspecified atom stereocenters. The van der Waals surface area contributed by atoms with Crippen molar-refractivity contribution in [1.29, 1.82) is 0 Å². The van der Waals surface area contributed by atoms with Crippen molar-refractivity contribution in [3.8, 4) is 0 Å². The van der Waals surface area contributed by atoms with Crippen molar-refractivity contribution in [2.24, 2.45) is 4.99 Å². The van der Waals surface area contributed by atoms with Crippen molar-refractivity contribution in [1.82, 2.24) is 4.90 Å². The van der Waals surface area contributed by atoms with Crippen molar-refractivity contribution < 1.29 is 9.72 Å². The Morgan fingerprint density at radius 1 is 1.03 bits per heavy atom. The van der Waals surface area contributed by atoms with Crippen LogP contribution in [0.15, 0.2) is 58.4 Å². The zero-order valence-corrected chi connectivity index (χ0v) is 19.6. The maximum absolute atomic E-state index is 12.5. The van der Waals surface area contributed by atoms with Gasteiger partial charge in [-0.2, -0.15) is 4.99 Å². The van der Waals surface area contributed by atoms with E-state index in [0.29, 0.717) is 41.9 Å². The molecule has 0 atom stereocenters. The molecule has 2 aromatic rings. The number of rotatable bonds is 6. The zero-order chi connectivity index (χ0) is 23.4. The Kier molecular flexibility index (Phi) is 6.98. The van der Waals surface area contributed by atoms with Gasteiger partial charge in [0, 0.05) is 51.0 Å². The van der Waals surface area contributed by atoms with Gasteiger partial charge < -0.3 is 14.7 Å². The fourth-order valence-electron chi connectivity index (χ4n) is 4.08. The van der Waals surface area contributed by atoms with E-state index in [1.165, 1.54) is 23.5 Å². The van der Waals surface area contributed by atoms with Crippen molar-refractivity contribution in [2.75, 3.05) is 49.1 Å². The summed E-state index contributed by atoms with van der Waals surface area (Å²) < 4.78 is 0. The Morgan fingerprint density at radius 2 is 1.67 bits per heavy atom. The normalized spacial score (nSPS) is 17.5. The SMILES string of the molecule is CCN(CC)c1ccc(C=C2SC(N3CCN(c4ccccc4[N+](=O)[O-])CC3)=NC2=O)cc1. The van der Waals surface area contributed by atoms with E-state index >= 15 is 0 Å². The molecule has 9 heteroatoms. The lowest BCUT2D eigenvalue weighted by Gasteiger charge is -2.36. The van der Waals surface area contributed by atoms with Gasteiger partial charge in [-0.3, -0.25) is 14.9 Å². The van der Waals surface area contributed by atoms with Gasteiger partial charge >= 0.3 is 0 Å². The number of carbonyl (C=O) groups excluding carboxylic acids is 1. The number of amides is 1. The molecule has 2 aliphatic rings. The Labute approximate surface area is 197 Å². The Morgan fingerprint density at radius 3 is 2.30 bits per heavy atom. The molecular weight excluding hydrogens is 438 g/mol. The van der Waals surface area contributed by atoms with Gasteiger partial charge in [0.05, 0.1) is 9.83 Å².